The van der Waals surface area contributed by atoms with Gasteiger partial charge in [0, 0.05) is 12.6 Å². The van der Waals surface area contributed by atoms with E-state index in [1.807, 2.05) is 34.6 Å². The molecule has 0 radical (unpaired) electrons. The Hall–Kier alpha value is -0.990. The van der Waals surface area contributed by atoms with Crippen LogP contribution in [0.5, 0.6) is 0 Å². The molecule has 0 aliphatic heterocycles. The molecule has 1 atom stereocenters. The Bertz CT molecular complexity index is 553. The highest BCUT2D eigenvalue weighted by Crippen LogP contribution is 2.32. The van der Waals surface area contributed by atoms with E-state index in [0.717, 1.165) is 0 Å². The molecule has 0 fully saturated rings. The number of nitrogens with two attached hydrogens (primary N) is 1. The van der Waals surface area contributed by atoms with Crippen LogP contribution >= 0.6 is 0 Å². The number of hydrogen-bond acceptors (Lipinski definition) is 5. The molecule has 110 valence electrons. The van der Waals surface area contributed by atoms with Gasteiger partial charge in [0.1, 0.15) is 5.60 Å². The topological polar surface area (TPSA) is 100 Å². The zero-order chi connectivity index (χ0) is 15.1. The SMILES string of the molecule is CCC(C)(OC)c1nnc(S(N)(=O)=O)n1C(C)(C)C. The summed E-state index contributed by atoms with van der Waals surface area (Å²) in [6.45, 7) is 9.36. The van der Waals surface area contributed by atoms with Crippen molar-refractivity contribution in [3.05, 3.63) is 5.82 Å². The monoisotopic (exact) mass is 290 g/mol. The summed E-state index contributed by atoms with van der Waals surface area (Å²) in [5.41, 5.74) is -1.25. The van der Waals surface area contributed by atoms with Gasteiger partial charge in [-0.15, -0.1) is 10.2 Å². The van der Waals surface area contributed by atoms with Gasteiger partial charge in [0.15, 0.2) is 5.82 Å². The number of rotatable bonds is 4. The Morgan fingerprint density at radius 1 is 1.26 bits per heavy atom. The minimum absolute atomic E-state index is 0.244. The minimum Gasteiger partial charge on any atom is -0.371 e. The third kappa shape index (κ3) is 2.96. The van der Waals surface area contributed by atoms with E-state index in [1.165, 1.54) is 4.57 Å². The van der Waals surface area contributed by atoms with E-state index in [4.69, 9.17) is 9.88 Å². The van der Waals surface area contributed by atoms with E-state index in [-0.39, 0.29) is 5.16 Å². The summed E-state index contributed by atoms with van der Waals surface area (Å²) in [7, 11) is -2.38. The average Bonchev–Trinajstić information content (AvgIpc) is 2.72. The molecule has 1 heterocycles. The second kappa shape index (κ2) is 4.84. The molecule has 1 rings (SSSR count). The number of nitrogens with zero attached hydrogens (tertiary/aromatic N) is 3. The Labute approximate surface area is 114 Å². The van der Waals surface area contributed by atoms with Crippen molar-refractivity contribution in [3.8, 4) is 0 Å². The van der Waals surface area contributed by atoms with Crippen LogP contribution in [0, 0.1) is 0 Å². The largest absolute Gasteiger partial charge is 0.371 e. The third-order valence-electron chi connectivity index (χ3n) is 3.16. The van der Waals surface area contributed by atoms with Crippen molar-refractivity contribution in [2.24, 2.45) is 5.14 Å². The lowest BCUT2D eigenvalue weighted by Crippen LogP contribution is -2.36. The van der Waals surface area contributed by atoms with Crippen molar-refractivity contribution >= 4 is 10.0 Å². The molecule has 2 N–H and O–H groups in total. The van der Waals surface area contributed by atoms with Gasteiger partial charge >= 0.3 is 0 Å². The molecule has 0 saturated carbocycles. The fraction of sp³-hybridized carbons (Fsp3) is 0.818. The van der Waals surface area contributed by atoms with E-state index in [1.54, 1.807) is 7.11 Å². The lowest BCUT2D eigenvalue weighted by molar-refractivity contribution is -0.0154. The molecule has 1 aromatic rings. The molecule has 0 aliphatic rings. The van der Waals surface area contributed by atoms with Gasteiger partial charge in [0.2, 0.25) is 0 Å². The van der Waals surface area contributed by atoms with Crippen LogP contribution in [0.25, 0.3) is 0 Å². The lowest BCUT2D eigenvalue weighted by Gasteiger charge is -2.31. The Balaban J connectivity index is 3.66. The maximum Gasteiger partial charge on any atom is 0.273 e. The summed E-state index contributed by atoms with van der Waals surface area (Å²) in [5, 5.41) is 12.7. The Morgan fingerprint density at radius 2 is 1.79 bits per heavy atom. The number of sulfonamides is 1. The zero-order valence-electron chi connectivity index (χ0n) is 12.3. The first kappa shape index (κ1) is 16.1. The van der Waals surface area contributed by atoms with Gasteiger partial charge in [-0.1, -0.05) is 6.92 Å². The van der Waals surface area contributed by atoms with Gasteiger partial charge < -0.3 is 4.74 Å². The van der Waals surface area contributed by atoms with Crippen molar-refractivity contribution < 1.29 is 13.2 Å². The van der Waals surface area contributed by atoms with Gasteiger partial charge in [0.25, 0.3) is 15.2 Å². The first-order valence-electron chi connectivity index (χ1n) is 6.01. The summed E-state index contributed by atoms with van der Waals surface area (Å²) >= 11 is 0. The average molecular weight is 290 g/mol. The molecular weight excluding hydrogens is 268 g/mol. The predicted octanol–water partition coefficient (Wildman–Crippen LogP) is 0.952. The Morgan fingerprint density at radius 3 is 2.11 bits per heavy atom. The van der Waals surface area contributed by atoms with Crippen molar-refractivity contribution in [2.45, 2.75) is 57.3 Å². The molecule has 0 spiro atoms. The van der Waals surface area contributed by atoms with Gasteiger partial charge in [-0.05, 0) is 34.1 Å². The maximum absolute atomic E-state index is 11.6. The van der Waals surface area contributed by atoms with Crippen LogP contribution in [0.4, 0.5) is 0 Å². The Kier molecular flexibility index (Phi) is 4.09. The van der Waals surface area contributed by atoms with E-state index in [9.17, 15) is 8.42 Å². The van der Waals surface area contributed by atoms with E-state index >= 15 is 0 Å². The quantitative estimate of drug-likeness (QED) is 0.890. The first-order chi connectivity index (χ1) is 8.47. The van der Waals surface area contributed by atoms with E-state index in [2.05, 4.69) is 10.2 Å². The zero-order valence-corrected chi connectivity index (χ0v) is 13.1. The molecule has 0 saturated heterocycles. The molecule has 0 bridgehead atoms. The standard InChI is InChI=1S/C11H22N4O3S/c1-7-11(5,18-6)8-13-14-9(19(12,16)17)15(8)10(2,3)4/h7H2,1-6H3,(H2,12,16,17). The summed E-state index contributed by atoms with van der Waals surface area (Å²) in [6, 6.07) is 0. The van der Waals surface area contributed by atoms with Crippen LogP contribution in [0.2, 0.25) is 0 Å². The van der Waals surface area contributed by atoms with Crippen molar-refractivity contribution in [1.29, 1.82) is 0 Å². The van der Waals surface area contributed by atoms with Gasteiger partial charge in [-0.2, -0.15) is 0 Å². The normalized spacial score (nSPS) is 16.4. The third-order valence-corrected chi connectivity index (χ3v) is 3.93. The summed E-state index contributed by atoms with van der Waals surface area (Å²) in [6.07, 6.45) is 0.627. The molecule has 0 amide bonds. The molecule has 0 aliphatic carbocycles. The van der Waals surface area contributed by atoms with Gasteiger partial charge in [-0.25, -0.2) is 13.6 Å². The number of primary sulfonamides is 1. The number of hydrogen-bond donors (Lipinski definition) is 1. The number of aromatic nitrogens is 3. The molecule has 1 aromatic heterocycles. The van der Waals surface area contributed by atoms with Gasteiger partial charge in [-0.3, -0.25) is 4.57 Å². The van der Waals surface area contributed by atoms with Gasteiger partial charge in [0.05, 0.1) is 0 Å². The molecule has 7 nitrogen and oxygen atoms in total. The number of ether oxygens (including phenoxy) is 1. The highest BCUT2D eigenvalue weighted by atomic mass is 32.2. The second-order valence-corrected chi connectivity index (χ2v) is 7.10. The van der Waals surface area contributed by atoms with Crippen LogP contribution in [0.3, 0.4) is 0 Å². The van der Waals surface area contributed by atoms with Crippen LogP contribution in [0.1, 0.15) is 46.9 Å². The van der Waals surface area contributed by atoms with Crippen LogP contribution < -0.4 is 5.14 Å². The van der Waals surface area contributed by atoms with Crippen molar-refractivity contribution in [3.63, 3.8) is 0 Å². The smallest absolute Gasteiger partial charge is 0.273 e. The number of methoxy groups -OCH3 is 1. The minimum atomic E-state index is -3.94. The molecule has 1 unspecified atom stereocenters. The molecule has 19 heavy (non-hydrogen) atoms. The van der Waals surface area contributed by atoms with Crippen LogP contribution in [-0.2, 0) is 25.9 Å². The van der Waals surface area contributed by atoms with E-state index in [0.29, 0.717) is 12.2 Å². The molecule has 0 aromatic carbocycles. The predicted molar refractivity (Wildman–Crippen MR) is 71.0 cm³/mol. The highest BCUT2D eigenvalue weighted by Gasteiger charge is 2.37. The highest BCUT2D eigenvalue weighted by molar-refractivity contribution is 7.89. The first-order valence-corrected chi connectivity index (χ1v) is 7.56. The van der Waals surface area contributed by atoms with E-state index < -0.39 is 21.2 Å². The van der Waals surface area contributed by atoms with Crippen LogP contribution in [-0.4, -0.2) is 30.3 Å². The fourth-order valence-corrected chi connectivity index (χ4v) is 2.56. The summed E-state index contributed by atoms with van der Waals surface area (Å²) < 4.78 is 30.3. The van der Waals surface area contributed by atoms with Crippen molar-refractivity contribution in [2.75, 3.05) is 7.11 Å². The summed E-state index contributed by atoms with van der Waals surface area (Å²) in [5.74, 6) is 0.453. The lowest BCUT2D eigenvalue weighted by atomic mass is 10.00. The molecule has 8 heteroatoms. The second-order valence-electron chi connectivity index (χ2n) is 5.65. The van der Waals surface area contributed by atoms with Crippen LogP contribution in [0.15, 0.2) is 5.16 Å². The fourth-order valence-electron chi connectivity index (χ4n) is 1.79. The molecular formula is C11H22N4O3S. The summed E-state index contributed by atoms with van der Waals surface area (Å²) in [4.78, 5) is 0. The van der Waals surface area contributed by atoms with Crippen molar-refractivity contribution in [1.82, 2.24) is 14.8 Å². The maximum atomic E-state index is 11.6.